The molecule has 0 heterocycles. The number of hydrogen-bond acceptors (Lipinski definition) is 4. The molecule has 0 unspecified atom stereocenters. The number of carbonyl (C=O) groups is 1. The highest BCUT2D eigenvalue weighted by atomic mass is 32.2. The van der Waals surface area contributed by atoms with Gasteiger partial charge in [0.1, 0.15) is 18.9 Å². The third kappa shape index (κ3) is 9.98. The van der Waals surface area contributed by atoms with Gasteiger partial charge in [-0.05, 0) is 6.92 Å². The number of carbonyl (C=O) groups excluding carboxylic acids is 1. The smallest absolute Gasteiger partial charge is 0.330 e. The molecule has 6 nitrogen and oxygen atoms in total. The van der Waals surface area contributed by atoms with Crippen LogP contribution in [0.4, 0.5) is 0 Å². The number of ether oxygens (including phenoxy) is 1. The summed E-state index contributed by atoms with van der Waals surface area (Å²) < 4.78 is 35.1. The summed E-state index contributed by atoms with van der Waals surface area (Å²) in [6, 6.07) is 0. The molecular weight excluding hydrogens is 246 g/mol. The van der Waals surface area contributed by atoms with Gasteiger partial charge in [-0.25, -0.2) is 4.79 Å². The van der Waals surface area contributed by atoms with Crippen LogP contribution >= 0.6 is 0 Å². The zero-order chi connectivity index (χ0) is 13.5. The van der Waals surface area contributed by atoms with Crippen LogP contribution in [0.3, 0.4) is 0 Å². The van der Waals surface area contributed by atoms with E-state index in [-0.39, 0.29) is 18.9 Å². The fraction of sp³-hybridized carbons (Fsp3) is 0.700. The molecule has 0 radical (unpaired) electrons. The Kier molecular flexibility index (Phi) is 6.36. The van der Waals surface area contributed by atoms with Crippen LogP contribution in [0.1, 0.15) is 6.92 Å². The van der Waals surface area contributed by atoms with E-state index in [0.29, 0.717) is 11.0 Å². The summed E-state index contributed by atoms with van der Waals surface area (Å²) in [5.41, 5.74) is 0. The van der Waals surface area contributed by atoms with Crippen molar-refractivity contribution in [1.29, 1.82) is 0 Å². The van der Waals surface area contributed by atoms with Crippen molar-refractivity contribution in [1.82, 2.24) is 0 Å². The van der Waals surface area contributed by atoms with Gasteiger partial charge >= 0.3 is 5.97 Å². The summed E-state index contributed by atoms with van der Waals surface area (Å²) in [6.07, 6.45) is 2.90. The van der Waals surface area contributed by atoms with E-state index in [1.165, 1.54) is 6.08 Å². The van der Waals surface area contributed by atoms with Crippen LogP contribution in [-0.2, 0) is 19.6 Å². The van der Waals surface area contributed by atoms with Gasteiger partial charge in [0.05, 0.1) is 20.6 Å². The quantitative estimate of drug-likeness (QED) is 0.305. The maximum atomic E-state index is 11.0. The summed E-state index contributed by atoms with van der Waals surface area (Å²) >= 11 is 0. The predicted octanol–water partition coefficient (Wildman–Crippen LogP) is 0.0699. The molecule has 0 atom stereocenters. The molecule has 0 bridgehead atoms. The number of nitrogens with zero attached hydrogens (tertiary/aromatic N) is 1. The highest BCUT2D eigenvalue weighted by molar-refractivity contribution is 7.85. The Morgan fingerprint density at radius 2 is 1.94 bits per heavy atom. The van der Waals surface area contributed by atoms with E-state index in [9.17, 15) is 13.2 Å². The van der Waals surface area contributed by atoms with E-state index >= 15 is 0 Å². The van der Waals surface area contributed by atoms with E-state index in [1.807, 2.05) is 0 Å². The molecule has 0 amide bonds. The highest BCUT2D eigenvalue weighted by Crippen LogP contribution is 1.99. The zero-order valence-electron chi connectivity index (χ0n) is 10.4. The number of allylic oxidation sites excluding steroid dienone is 1. The minimum atomic E-state index is -3.94. The fourth-order valence-corrected chi connectivity index (χ4v) is 1.78. The van der Waals surface area contributed by atoms with Crippen molar-refractivity contribution in [2.24, 2.45) is 0 Å². The summed E-state index contributed by atoms with van der Waals surface area (Å²) in [4.78, 5) is 11.0. The lowest BCUT2D eigenvalue weighted by Crippen LogP contribution is -2.45. The van der Waals surface area contributed by atoms with Crippen molar-refractivity contribution in [3.8, 4) is 0 Å². The van der Waals surface area contributed by atoms with Crippen LogP contribution in [0, 0.1) is 0 Å². The standard InChI is InChI=1S/C10H19NO5S/c1-4-5-10(12)16-8-6-11(2,3)7-9-17(13,14)15/h4-5H,6-9H2,1-3H3/p+1. The largest absolute Gasteiger partial charge is 0.457 e. The number of likely N-dealkylation sites (N-methyl/N-ethyl adjacent to an activating group) is 1. The van der Waals surface area contributed by atoms with E-state index < -0.39 is 16.1 Å². The van der Waals surface area contributed by atoms with Gasteiger partial charge < -0.3 is 9.22 Å². The molecule has 0 aromatic carbocycles. The molecule has 0 aliphatic carbocycles. The van der Waals surface area contributed by atoms with Gasteiger partial charge in [0.2, 0.25) is 0 Å². The first-order chi connectivity index (χ1) is 7.66. The maximum absolute atomic E-state index is 11.0. The Bertz CT molecular complexity index is 372. The van der Waals surface area contributed by atoms with Crippen LogP contribution in [0.25, 0.3) is 0 Å². The molecule has 0 rings (SSSR count). The summed E-state index contributed by atoms with van der Waals surface area (Å²) in [5, 5.41) is 0. The van der Waals surface area contributed by atoms with E-state index in [2.05, 4.69) is 0 Å². The van der Waals surface area contributed by atoms with E-state index in [1.54, 1.807) is 27.1 Å². The molecule has 0 saturated carbocycles. The second-order valence-electron chi connectivity index (χ2n) is 4.34. The lowest BCUT2D eigenvalue weighted by atomic mass is 10.4. The molecule has 17 heavy (non-hydrogen) atoms. The first kappa shape index (κ1) is 16.1. The van der Waals surface area contributed by atoms with Crippen LogP contribution < -0.4 is 0 Å². The molecular formula is C10H20NO5S+. The molecule has 1 N–H and O–H groups in total. The van der Waals surface area contributed by atoms with Crippen LogP contribution in [-0.4, -0.2) is 63.0 Å². The number of hydrogen-bond donors (Lipinski definition) is 1. The van der Waals surface area contributed by atoms with Gasteiger partial charge in [-0.1, -0.05) is 6.08 Å². The number of esters is 1. The molecule has 0 fully saturated rings. The van der Waals surface area contributed by atoms with Crippen molar-refractivity contribution < 1.29 is 27.0 Å². The minimum Gasteiger partial charge on any atom is -0.457 e. The molecule has 0 aromatic heterocycles. The van der Waals surface area contributed by atoms with Crippen LogP contribution in [0.2, 0.25) is 0 Å². The lowest BCUT2D eigenvalue weighted by Gasteiger charge is -2.28. The van der Waals surface area contributed by atoms with Crippen LogP contribution in [0.15, 0.2) is 12.2 Å². The Labute approximate surface area is 102 Å². The molecule has 0 aliphatic rings. The minimum absolute atomic E-state index is 0.210. The third-order valence-electron chi connectivity index (χ3n) is 2.20. The summed E-state index contributed by atoms with van der Waals surface area (Å²) in [5.74, 6) is -0.717. The van der Waals surface area contributed by atoms with E-state index in [0.717, 1.165) is 0 Å². The van der Waals surface area contributed by atoms with Crippen molar-refractivity contribution in [2.45, 2.75) is 6.92 Å². The monoisotopic (exact) mass is 266 g/mol. The highest BCUT2D eigenvalue weighted by Gasteiger charge is 2.19. The average molecular weight is 266 g/mol. The second kappa shape index (κ2) is 6.73. The van der Waals surface area contributed by atoms with Gasteiger partial charge in [0.15, 0.2) is 0 Å². The second-order valence-corrected chi connectivity index (χ2v) is 5.91. The third-order valence-corrected chi connectivity index (χ3v) is 2.90. The van der Waals surface area contributed by atoms with Crippen molar-refractivity contribution in [3.05, 3.63) is 12.2 Å². The fourth-order valence-electron chi connectivity index (χ4n) is 1.05. The van der Waals surface area contributed by atoms with Crippen molar-refractivity contribution >= 4 is 16.1 Å². The molecule has 0 spiro atoms. The van der Waals surface area contributed by atoms with Crippen molar-refractivity contribution in [2.75, 3.05) is 39.5 Å². The molecule has 0 aromatic rings. The average Bonchev–Trinajstić information content (AvgIpc) is 2.14. The van der Waals surface area contributed by atoms with Gasteiger partial charge in [0, 0.05) is 6.08 Å². The van der Waals surface area contributed by atoms with Crippen LogP contribution in [0.5, 0.6) is 0 Å². The van der Waals surface area contributed by atoms with Gasteiger partial charge in [0.25, 0.3) is 10.1 Å². The normalized spacial score (nSPS) is 12.9. The Hall–Kier alpha value is -0.920. The predicted molar refractivity (Wildman–Crippen MR) is 64.0 cm³/mol. The zero-order valence-corrected chi connectivity index (χ0v) is 11.2. The SMILES string of the molecule is CC=CC(=O)OCC[N+](C)(C)CCS(=O)(=O)O. The summed E-state index contributed by atoms with van der Waals surface area (Å²) in [7, 11) is -0.341. The molecule has 100 valence electrons. The molecule has 0 saturated heterocycles. The Balaban J connectivity index is 3.97. The Morgan fingerprint density at radius 3 is 2.41 bits per heavy atom. The number of quaternary nitrogens is 1. The lowest BCUT2D eigenvalue weighted by molar-refractivity contribution is -0.888. The summed E-state index contributed by atoms with van der Waals surface area (Å²) in [6.45, 7) is 2.67. The topological polar surface area (TPSA) is 80.7 Å². The maximum Gasteiger partial charge on any atom is 0.330 e. The molecule has 7 heteroatoms. The van der Waals surface area contributed by atoms with Gasteiger partial charge in [-0.2, -0.15) is 8.42 Å². The molecule has 0 aliphatic heterocycles. The first-order valence-corrected chi connectivity index (χ1v) is 6.84. The van der Waals surface area contributed by atoms with Crippen molar-refractivity contribution in [3.63, 3.8) is 0 Å². The van der Waals surface area contributed by atoms with Gasteiger partial charge in [-0.3, -0.25) is 4.55 Å². The van der Waals surface area contributed by atoms with E-state index in [4.69, 9.17) is 9.29 Å². The number of rotatable bonds is 7. The first-order valence-electron chi connectivity index (χ1n) is 5.23. The van der Waals surface area contributed by atoms with Gasteiger partial charge in [-0.15, -0.1) is 0 Å². The Morgan fingerprint density at radius 1 is 1.35 bits per heavy atom.